The van der Waals surface area contributed by atoms with E-state index >= 15 is 0 Å². The van der Waals surface area contributed by atoms with E-state index < -0.39 is 0 Å². The molecule has 96 valence electrons. The number of hydrogen-bond acceptors (Lipinski definition) is 2. The summed E-state index contributed by atoms with van der Waals surface area (Å²) in [5.41, 5.74) is 0. The SMILES string of the molecule is CCCNC(COCC)C1CCC(CC)C1. The monoisotopic (exact) mass is 227 g/mol. The number of rotatable bonds is 8. The summed E-state index contributed by atoms with van der Waals surface area (Å²) in [6.45, 7) is 9.51. The van der Waals surface area contributed by atoms with Crippen molar-refractivity contribution in [2.24, 2.45) is 11.8 Å². The molecular weight excluding hydrogens is 198 g/mol. The molecular formula is C14H29NO. The first-order valence-corrected chi connectivity index (χ1v) is 7.12. The van der Waals surface area contributed by atoms with Gasteiger partial charge in [-0.15, -0.1) is 0 Å². The molecule has 0 aromatic carbocycles. The Balaban J connectivity index is 2.35. The van der Waals surface area contributed by atoms with E-state index in [2.05, 4.69) is 26.1 Å². The Labute approximate surface area is 101 Å². The van der Waals surface area contributed by atoms with E-state index in [1.54, 1.807) is 0 Å². The van der Waals surface area contributed by atoms with Crippen LogP contribution >= 0.6 is 0 Å². The molecule has 0 aromatic rings. The van der Waals surface area contributed by atoms with Gasteiger partial charge in [-0.05, 0) is 44.6 Å². The van der Waals surface area contributed by atoms with Crippen LogP contribution in [0.15, 0.2) is 0 Å². The van der Waals surface area contributed by atoms with Crippen molar-refractivity contribution in [2.45, 2.75) is 58.9 Å². The topological polar surface area (TPSA) is 21.3 Å². The molecule has 0 spiro atoms. The van der Waals surface area contributed by atoms with Gasteiger partial charge in [-0.3, -0.25) is 0 Å². The molecule has 0 bridgehead atoms. The molecule has 1 N–H and O–H groups in total. The molecule has 0 heterocycles. The summed E-state index contributed by atoms with van der Waals surface area (Å²) in [4.78, 5) is 0. The van der Waals surface area contributed by atoms with Crippen molar-refractivity contribution in [2.75, 3.05) is 19.8 Å². The fraction of sp³-hybridized carbons (Fsp3) is 1.00. The molecule has 1 fully saturated rings. The van der Waals surface area contributed by atoms with E-state index in [4.69, 9.17) is 4.74 Å². The summed E-state index contributed by atoms with van der Waals surface area (Å²) >= 11 is 0. The molecule has 0 saturated heterocycles. The zero-order chi connectivity index (χ0) is 11.8. The second-order valence-corrected chi connectivity index (χ2v) is 5.07. The molecule has 1 aliphatic rings. The van der Waals surface area contributed by atoms with Crippen LogP contribution in [0.3, 0.4) is 0 Å². The van der Waals surface area contributed by atoms with Gasteiger partial charge in [-0.25, -0.2) is 0 Å². The Morgan fingerprint density at radius 1 is 1.25 bits per heavy atom. The van der Waals surface area contributed by atoms with E-state index in [0.717, 1.165) is 31.6 Å². The van der Waals surface area contributed by atoms with Crippen molar-refractivity contribution >= 4 is 0 Å². The lowest BCUT2D eigenvalue weighted by atomic mass is 9.96. The van der Waals surface area contributed by atoms with Crippen LogP contribution in [0.5, 0.6) is 0 Å². The van der Waals surface area contributed by atoms with Crippen molar-refractivity contribution in [1.82, 2.24) is 5.32 Å². The molecule has 1 rings (SSSR count). The Morgan fingerprint density at radius 3 is 2.62 bits per heavy atom. The highest BCUT2D eigenvalue weighted by Gasteiger charge is 2.29. The first kappa shape index (κ1) is 14.0. The summed E-state index contributed by atoms with van der Waals surface area (Å²) in [6, 6.07) is 0.594. The van der Waals surface area contributed by atoms with Crippen LogP contribution < -0.4 is 5.32 Å². The van der Waals surface area contributed by atoms with Gasteiger partial charge < -0.3 is 10.1 Å². The third-order valence-corrected chi connectivity index (χ3v) is 3.89. The average Bonchev–Trinajstić information content (AvgIpc) is 2.78. The molecule has 3 unspecified atom stereocenters. The van der Waals surface area contributed by atoms with Crippen molar-refractivity contribution in [3.05, 3.63) is 0 Å². The third kappa shape index (κ3) is 4.42. The molecule has 16 heavy (non-hydrogen) atoms. The molecule has 1 saturated carbocycles. The second-order valence-electron chi connectivity index (χ2n) is 5.07. The van der Waals surface area contributed by atoms with Gasteiger partial charge in [0.1, 0.15) is 0 Å². The molecule has 1 aliphatic carbocycles. The molecule has 3 atom stereocenters. The number of nitrogens with one attached hydrogen (secondary N) is 1. The Bertz CT molecular complexity index is 164. The molecule has 0 amide bonds. The van der Waals surface area contributed by atoms with Crippen LogP contribution in [0.1, 0.15) is 52.9 Å². The predicted octanol–water partition coefficient (Wildman–Crippen LogP) is 3.22. The third-order valence-electron chi connectivity index (χ3n) is 3.89. The van der Waals surface area contributed by atoms with Crippen molar-refractivity contribution < 1.29 is 4.74 Å². The van der Waals surface area contributed by atoms with Gasteiger partial charge in [0.15, 0.2) is 0 Å². The van der Waals surface area contributed by atoms with Crippen molar-refractivity contribution in [3.63, 3.8) is 0 Å². The highest BCUT2D eigenvalue weighted by Crippen LogP contribution is 2.34. The Hall–Kier alpha value is -0.0800. The average molecular weight is 227 g/mol. The number of hydrogen-bond donors (Lipinski definition) is 1. The zero-order valence-corrected chi connectivity index (χ0v) is 11.3. The first-order valence-electron chi connectivity index (χ1n) is 7.12. The predicted molar refractivity (Wildman–Crippen MR) is 69.7 cm³/mol. The molecule has 2 nitrogen and oxygen atoms in total. The van der Waals surface area contributed by atoms with E-state index in [0.29, 0.717) is 6.04 Å². The maximum Gasteiger partial charge on any atom is 0.0622 e. The molecule has 0 radical (unpaired) electrons. The summed E-state index contributed by atoms with van der Waals surface area (Å²) in [5.74, 6) is 1.82. The van der Waals surface area contributed by atoms with Crippen LogP contribution in [0, 0.1) is 11.8 Å². The van der Waals surface area contributed by atoms with Gasteiger partial charge in [0.25, 0.3) is 0 Å². The van der Waals surface area contributed by atoms with Gasteiger partial charge in [-0.2, -0.15) is 0 Å². The fourth-order valence-electron chi connectivity index (χ4n) is 2.79. The summed E-state index contributed by atoms with van der Waals surface area (Å²) < 4.78 is 5.61. The minimum absolute atomic E-state index is 0.594. The lowest BCUT2D eigenvalue weighted by molar-refractivity contribution is 0.102. The van der Waals surface area contributed by atoms with Crippen LogP contribution in [-0.4, -0.2) is 25.8 Å². The number of ether oxygens (including phenoxy) is 1. The lowest BCUT2D eigenvalue weighted by Gasteiger charge is -2.24. The zero-order valence-electron chi connectivity index (χ0n) is 11.3. The van der Waals surface area contributed by atoms with Crippen LogP contribution in [0.2, 0.25) is 0 Å². The smallest absolute Gasteiger partial charge is 0.0622 e. The van der Waals surface area contributed by atoms with E-state index in [9.17, 15) is 0 Å². The minimum atomic E-state index is 0.594. The normalized spacial score (nSPS) is 27.2. The van der Waals surface area contributed by atoms with Crippen molar-refractivity contribution in [1.29, 1.82) is 0 Å². The second kappa shape index (κ2) is 8.08. The molecule has 0 aromatic heterocycles. The van der Waals surface area contributed by atoms with Crippen LogP contribution in [-0.2, 0) is 4.74 Å². The van der Waals surface area contributed by atoms with E-state index in [1.807, 2.05) is 0 Å². The van der Waals surface area contributed by atoms with Crippen molar-refractivity contribution in [3.8, 4) is 0 Å². The van der Waals surface area contributed by atoms with E-state index in [-0.39, 0.29) is 0 Å². The maximum absolute atomic E-state index is 5.61. The Morgan fingerprint density at radius 2 is 2.06 bits per heavy atom. The maximum atomic E-state index is 5.61. The van der Waals surface area contributed by atoms with E-state index in [1.165, 1.54) is 32.1 Å². The highest BCUT2D eigenvalue weighted by molar-refractivity contribution is 4.84. The lowest BCUT2D eigenvalue weighted by Crippen LogP contribution is -2.39. The summed E-state index contributed by atoms with van der Waals surface area (Å²) in [7, 11) is 0. The van der Waals surface area contributed by atoms with Gasteiger partial charge >= 0.3 is 0 Å². The first-order chi connectivity index (χ1) is 7.81. The largest absolute Gasteiger partial charge is 0.380 e. The Kier molecular flexibility index (Phi) is 7.06. The van der Waals surface area contributed by atoms with Gasteiger partial charge in [0.05, 0.1) is 6.61 Å². The minimum Gasteiger partial charge on any atom is -0.380 e. The molecule has 2 heteroatoms. The van der Waals surface area contributed by atoms with Gasteiger partial charge in [0, 0.05) is 12.6 Å². The summed E-state index contributed by atoms with van der Waals surface area (Å²) in [5, 5.41) is 3.67. The quantitative estimate of drug-likeness (QED) is 0.687. The standard InChI is InChI=1S/C14H29NO/c1-4-9-15-14(11-16-6-3)13-8-7-12(5-2)10-13/h12-15H,4-11H2,1-3H3. The van der Waals surface area contributed by atoms with Gasteiger partial charge in [0.2, 0.25) is 0 Å². The van der Waals surface area contributed by atoms with Crippen LogP contribution in [0.25, 0.3) is 0 Å². The van der Waals surface area contributed by atoms with Crippen LogP contribution in [0.4, 0.5) is 0 Å². The van der Waals surface area contributed by atoms with Gasteiger partial charge in [-0.1, -0.05) is 26.7 Å². The fourth-order valence-corrected chi connectivity index (χ4v) is 2.79. The molecule has 0 aliphatic heterocycles. The summed E-state index contributed by atoms with van der Waals surface area (Å²) in [6.07, 6.45) is 6.80. The highest BCUT2D eigenvalue weighted by atomic mass is 16.5.